The molecule has 3 heterocycles. The number of nitrogens with zero attached hydrogens (tertiary/aromatic N) is 4. The number of fused-ring (bicyclic) bond motifs is 1. The molecular weight excluding hydrogens is 455 g/mol. The Morgan fingerprint density at radius 3 is 2.48 bits per heavy atom. The minimum Gasteiger partial charge on any atom is -0.349 e. The second-order valence-corrected chi connectivity index (χ2v) is 9.07. The summed E-state index contributed by atoms with van der Waals surface area (Å²) < 4.78 is 61.1. The fourth-order valence-corrected chi connectivity index (χ4v) is 4.24. The second-order valence-electron chi connectivity index (χ2n) is 6.73. The number of rotatable bonds is 4. The van der Waals surface area contributed by atoms with Crippen molar-refractivity contribution in [3.63, 3.8) is 0 Å². The van der Waals surface area contributed by atoms with E-state index >= 15 is 0 Å². The maximum absolute atomic E-state index is 12.7. The maximum atomic E-state index is 12.7. The molecule has 1 aliphatic rings. The van der Waals surface area contributed by atoms with Crippen LogP contribution in [0.5, 0.6) is 0 Å². The first kappa shape index (κ1) is 21.3. The number of sulfone groups is 1. The highest BCUT2D eigenvalue weighted by molar-refractivity contribution is 7.92. The lowest BCUT2D eigenvalue weighted by Crippen LogP contribution is -2.32. The van der Waals surface area contributed by atoms with Crippen LogP contribution in [0.3, 0.4) is 0 Å². The molecule has 31 heavy (non-hydrogen) atoms. The van der Waals surface area contributed by atoms with Crippen LogP contribution in [0.1, 0.15) is 11.3 Å². The first-order valence-corrected chi connectivity index (χ1v) is 10.9. The van der Waals surface area contributed by atoms with Gasteiger partial charge in [-0.05, 0) is 42.8 Å². The highest BCUT2D eigenvalue weighted by atomic mass is 35.5. The third-order valence-electron chi connectivity index (χ3n) is 4.78. The topological polar surface area (TPSA) is 88.1 Å². The molecule has 0 atom stereocenters. The molecular formula is C19H15ClF3N5O2S. The minimum atomic E-state index is -5.39. The molecule has 0 aliphatic carbocycles. The van der Waals surface area contributed by atoms with Crippen molar-refractivity contribution in [1.29, 1.82) is 0 Å². The Balaban J connectivity index is 1.56. The largest absolute Gasteiger partial charge is 0.501 e. The molecule has 0 spiro atoms. The van der Waals surface area contributed by atoms with Gasteiger partial charge in [0.2, 0.25) is 0 Å². The number of halogens is 4. The summed E-state index contributed by atoms with van der Waals surface area (Å²) in [6.45, 7) is 1.08. The molecule has 1 aliphatic heterocycles. The maximum Gasteiger partial charge on any atom is 0.501 e. The number of hydrogen-bond donors (Lipinski definition) is 1. The molecule has 0 saturated carbocycles. The Hall–Kier alpha value is -2.92. The zero-order valence-corrected chi connectivity index (χ0v) is 17.3. The smallest absolute Gasteiger partial charge is 0.349 e. The van der Waals surface area contributed by atoms with Crippen LogP contribution in [0.2, 0.25) is 5.02 Å². The first-order valence-electron chi connectivity index (χ1n) is 9.03. The summed E-state index contributed by atoms with van der Waals surface area (Å²) in [5.74, 6) is 1.16. The summed E-state index contributed by atoms with van der Waals surface area (Å²) in [6.07, 6.45) is 3.63. The minimum absolute atomic E-state index is 0.400. The molecule has 1 N–H and O–H groups in total. The molecule has 1 aromatic carbocycles. The summed E-state index contributed by atoms with van der Waals surface area (Å²) in [7, 11) is -5.39. The number of aromatic nitrogens is 3. The van der Waals surface area contributed by atoms with Crippen LogP contribution >= 0.6 is 11.6 Å². The quantitative estimate of drug-likeness (QED) is 0.614. The molecule has 0 radical (unpaired) electrons. The Bertz CT molecular complexity index is 1220. The Kier molecular flexibility index (Phi) is 5.48. The average Bonchev–Trinajstić information content (AvgIpc) is 2.73. The van der Waals surface area contributed by atoms with E-state index in [1.807, 2.05) is 4.90 Å². The average molecular weight is 470 g/mol. The van der Waals surface area contributed by atoms with E-state index in [0.29, 0.717) is 41.9 Å². The van der Waals surface area contributed by atoms with E-state index in [1.165, 1.54) is 18.5 Å². The summed E-state index contributed by atoms with van der Waals surface area (Å²) in [6, 6.07) is 7.84. The van der Waals surface area contributed by atoms with E-state index in [2.05, 4.69) is 20.3 Å². The molecule has 162 valence electrons. The van der Waals surface area contributed by atoms with Crippen LogP contribution < -0.4 is 10.2 Å². The molecule has 3 aromatic rings. The fourth-order valence-electron chi connectivity index (χ4n) is 3.24. The normalized spacial score (nSPS) is 14.3. The van der Waals surface area contributed by atoms with Crippen LogP contribution in [0.25, 0.3) is 0 Å². The molecule has 7 nitrogen and oxygen atoms in total. The summed E-state index contributed by atoms with van der Waals surface area (Å²) >= 11 is 6.23. The van der Waals surface area contributed by atoms with Crippen molar-refractivity contribution in [1.82, 2.24) is 15.0 Å². The van der Waals surface area contributed by atoms with Crippen LogP contribution in [-0.4, -0.2) is 35.4 Å². The van der Waals surface area contributed by atoms with Crippen LogP contribution in [0, 0.1) is 0 Å². The molecule has 12 heteroatoms. The number of hydrogen-bond acceptors (Lipinski definition) is 7. The van der Waals surface area contributed by atoms with E-state index in [9.17, 15) is 21.6 Å². The van der Waals surface area contributed by atoms with E-state index < -0.39 is 20.2 Å². The van der Waals surface area contributed by atoms with E-state index in [0.717, 1.165) is 23.4 Å². The molecule has 0 unspecified atom stereocenters. The number of benzene rings is 1. The van der Waals surface area contributed by atoms with E-state index in [4.69, 9.17) is 11.6 Å². The lowest BCUT2D eigenvalue weighted by molar-refractivity contribution is -0.0436. The van der Waals surface area contributed by atoms with Crippen LogP contribution in [-0.2, 0) is 22.8 Å². The van der Waals surface area contributed by atoms with Crippen molar-refractivity contribution in [2.24, 2.45) is 0 Å². The molecule has 0 amide bonds. The Morgan fingerprint density at radius 1 is 1.06 bits per heavy atom. The van der Waals surface area contributed by atoms with Gasteiger partial charge in [-0.2, -0.15) is 13.2 Å². The predicted octanol–water partition coefficient (Wildman–Crippen LogP) is 4.12. The van der Waals surface area contributed by atoms with Crippen molar-refractivity contribution < 1.29 is 21.6 Å². The first-order chi connectivity index (χ1) is 14.7. The van der Waals surface area contributed by atoms with Gasteiger partial charge in [0.15, 0.2) is 0 Å². The van der Waals surface area contributed by atoms with Crippen LogP contribution in [0.15, 0.2) is 53.8 Å². The van der Waals surface area contributed by atoms with Gasteiger partial charge in [-0.15, -0.1) is 0 Å². The van der Waals surface area contributed by atoms with Gasteiger partial charge in [0, 0.05) is 24.0 Å². The predicted molar refractivity (Wildman–Crippen MR) is 109 cm³/mol. The van der Waals surface area contributed by atoms with Crippen molar-refractivity contribution in [3.05, 3.63) is 65.2 Å². The van der Waals surface area contributed by atoms with Crippen molar-refractivity contribution in [2.75, 3.05) is 16.8 Å². The van der Waals surface area contributed by atoms with E-state index in [1.54, 1.807) is 18.3 Å². The van der Waals surface area contributed by atoms with E-state index in [-0.39, 0.29) is 0 Å². The van der Waals surface area contributed by atoms with Gasteiger partial charge in [-0.25, -0.2) is 23.4 Å². The highest BCUT2D eigenvalue weighted by Gasteiger charge is 2.46. The third kappa shape index (κ3) is 4.15. The molecule has 2 aromatic heterocycles. The number of anilines is 3. The van der Waals surface area contributed by atoms with Gasteiger partial charge in [-0.3, -0.25) is 0 Å². The summed E-state index contributed by atoms with van der Waals surface area (Å²) in [4.78, 5) is 14.1. The number of pyridine rings is 1. The third-order valence-corrected chi connectivity index (χ3v) is 6.57. The molecule has 0 bridgehead atoms. The zero-order chi connectivity index (χ0) is 22.2. The van der Waals surface area contributed by atoms with Crippen molar-refractivity contribution in [2.45, 2.75) is 23.4 Å². The van der Waals surface area contributed by atoms with Crippen LogP contribution in [0.4, 0.5) is 30.5 Å². The SMILES string of the molecule is O=S(=O)(c1ccc(Nc2ncnc3c2CCN(c2ncccc2Cl)C3)cc1)C(F)(F)F. The zero-order valence-electron chi connectivity index (χ0n) is 15.8. The second kappa shape index (κ2) is 7.97. The van der Waals surface area contributed by atoms with Crippen molar-refractivity contribution in [3.8, 4) is 0 Å². The van der Waals surface area contributed by atoms with Gasteiger partial charge < -0.3 is 10.2 Å². The summed E-state index contributed by atoms with van der Waals surface area (Å²) in [5, 5.41) is 3.56. The fraction of sp³-hybridized carbons (Fsp3) is 0.211. The number of nitrogens with one attached hydrogen (secondary N) is 1. The lowest BCUT2D eigenvalue weighted by Gasteiger charge is -2.30. The molecule has 4 rings (SSSR count). The standard InChI is InChI=1S/C19H15ClF3N5O2S/c20-15-2-1-8-24-18(15)28-9-7-14-16(10-28)25-11-26-17(14)27-12-3-5-13(6-4-12)31(29,30)19(21,22)23/h1-6,8,11H,7,9-10H2,(H,25,26,27). The van der Waals surface area contributed by atoms with Gasteiger partial charge in [0.05, 0.1) is 22.2 Å². The van der Waals surface area contributed by atoms with Gasteiger partial charge in [0.25, 0.3) is 9.84 Å². The Labute approximate surface area is 180 Å². The van der Waals surface area contributed by atoms with Gasteiger partial charge >= 0.3 is 5.51 Å². The number of alkyl halides is 3. The Morgan fingerprint density at radius 2 is 1.81 bits per heavy atom. The molecule has 0 fully saturated rings. The monoisotopic (exact) mass is 469 g/mol. The van der Waals surface area contributed by atoms with Crippen molar-refractivity contribution >= 4 is 38.8 Å². The lowest BCUT2D eigenvalue weighted by atomic mass is 10.1. The highest BCUT2D eigenvalue weighted by Crippen LogP contribution is 2.32. The summed E-state index contributed by atoms with van der Waals surface area (Å²) in [5.41, 5.74) is -3.33. The van der Waals surface area contributed by atoms with Gasteiger partial charge in [0.1, 0.15) is 18.0 Å². The van der Waals surface area contributed by atoms with Gasteiger partial charge in [-0.1, -0.05) is 11.6 Å². The molecule has 0 saturated heterocycles.